The summed E-state index contributed by atoms with van der Waals surface area (Å²) < 4.78 is 7.44. The predicted octanol–water partition coefficient (Wildman–Crippen LogP) is 4.19. The number of ether oxygens (including phenoxy) is 1. The van der Waals surface area contributed by atoms with Gasteiger partial charge in [0.15, 0.2) is 5.65 Å². The molecule has 0 radical (unpaired) electrons. The van der Waals surface area contributed by atoms with E-state index in [-0.39, 0.29) is 17.4 Å². The molecule has 4 heterocycles. The highest BCUT2D eigenvalue weighted by atomic mass is 16.5. The lowest BCUT2D eigenvalue weighted by Gasteiger charge is -2.34. The van der Waals surface area contributed by atoms with Gasteiger partial charge in [-0.2, -0.15) is 5.10 Å². The fraction of sp³-hybridized carbons (Fsp3) is 0.731. The molecule has 0 unspecified atom stereocenters. The van der Waals surface area contributed by atoms with E-state index in [9.17, 15) is 4.79 Å². The van der Waals surface area contributed by atoms with Crippen molar-refractivity contribution in [3.63, 3.8) is 0 Å². The first kappa shape index (κ1) is 24.1. The van der Waals surface area contributed by atoms with Crippen LogP contribution < -0.4 is 0 Å². The number of rotatable bonds is 5. The zero-order valence-electron chi connectivity index (χ0n) is 21.4. The second kappa shape index (κ2) is 9.71. The molecule has 2 aliphatic rings. The van der Waals surface area contributed by atoms with Crippen molar-refractivity contribution in [1.29, 1.82) is 0 Å². The summed E-state index contributed by atoms with van der Waals surface area (Å²) in [5.74, 6) is 1.08. The molecule has 0 atom stereocenters. The van der Waals surface area contributed by atoms with Crippen LogP contribution in [-0.2, 0) is 10.3 Å². The number of hydrogen-bond donors (Lipinski definition) is 0. The number of carbonyl (C=O) groups excluding carboxylic acids is 1. The van der Waals surface area contributed by atoms with Gasteiger partial charge in [-0.1, -0.05) is 13.8 Å². The van der Waals surface area contributed by atoms with Crippen molar-refractivity contribution in [2.75, 3.05) is 45.9 Å². The van der Waals surface area contributed by atoms with Crippen LogP contribution in [-0.4, -0.2) is 76.4 Å². The van der Waals surface area contributed by atoms with Gasteiger partial charge in [0.1, 0.15) is 0 Å². The number of fused-ring (bicyclic) bond motifs is 1. The summed E-state index contributed by atoms with van der Waals surface area (Å²) >= 11 is 0. The molecule has 2 aliphatic heterocycles. The third-order valence-electron chi connectivity index (χ3n) is 7.15. The Balaban J connectivity index is 1.51. The van der Waals surface area contributed by atoms with E-state index in [1.165, 1.54) is 6.42 Å². The summed E-state index contributed by atoms with van der Waals surface area (Å²) in [7, 11) is 0. The van der Waals surface area contributed by atoms with E-state index in [1.807, 2.05) is 17.7 Å². The molecule has 0 N–H and O–H groups in total. The van der Waals surface area contributed by atoms with Crippen molar-refractivity contribution >= 4 is 16.9 Å². The van der Waals surface area contributed by atoms with Gasteiger partial charge in [0, 0.05) is 31.9 Å². The van der Waals surface area contributed by atoms with E-state index in [0.29, 0.717) is 5.92 Å². The Kier molecular flexibility index (Phi) is 7.10. The zero-order chi connectivity index (χ0) is 23.8. The van der Waals surface area contributed by atoms with Crippen LogP contribution >= 0.6 is 0 Å². The molecule has 2 aromatic heterocycles. The Labute approximate surface area is 198 Å². The third-order valence-corrected chi connectivity index (χ3v) is 7.15. The summed E-state index contributed by atoms with van der Waals surface area (Å²) in [6.45, 7) is 19.3. The number of piperidine rings is 1. The molecule has 0 aromatic carbocycles. The summed E-state index contributed by atoms with van der Waals surface area (Å²) in [5.41, 5.74) is 3.23. The van der Waals surface area contributed by atoms with Crippen molar-refractivity contribution in [3.8, 4) is 0 Å². The minimum absolute atomic E-state index is 0.132. The Hall–Kier alpha value is -1.99. The molecule has 0 saturated carbocycles. The van der Waals surface area contributed by atoms with Gasteiger partial charge in [-0.15, -0.1) is 0 Å². The lowest BCUT2D eigenvalue weighted by atomic mass is 9.92. The maximum absolute atomic E-state index is 13.8. The van der Waals surface area contributed by atoms with Crippen LogP contribution in [0.25, 0.3) is 11.0 Å². The minimum Gasteiger partial charge on any atom is -0.379 e. The van der Waals surface area contributed by atoms with Crippen LogP contribution in [0.1, 0.15) is 81.5 Å². The van der Waals surface area contributed by atoms with Gasteiger partial charge < -0.3 is 9.64 Å². The summed E-state index contributed by atoms with van der Waals surface area (Å²) in [6.07, 6.45) is 3.39. The van der Waals surface area contributed by atoms with E-state index >= 15 is 0 Å². The van der Waals surface area contributed by atoms with Crippen molar-refractivity contribution in [1.82, 2.24) is 24.6 Å². The molecule has 2 aromatic rings. The Morgan fingerprint density at radius 2 is 1.82 bits per heavy atom. The number of nitrogens with zero attached hydrogens (tertiary/aromatic N) is 5. The monoisotopic (exact) mass is 455 g/mol. The molecule has 0 bridgehead atoms. The highest BCUT2D eigenvalue weighted by Gasteiger charge is 2.29. The van der Waals surface area contributed by atoms with Crippen LogP contribution in [0, 0.1) is 12.8 Å². The molecule has 7 nitrogen and oxygen atoms in total. The molecule has 1 amide bonds. The first-order chi connectivity index (χ1) is 15.6. The standard InChI is InChI=1S/C26H41N5O2/c1-18(2)22-17-21(23-19(3)28-31(24(23)27-22)26(4,5)6)25(32)30-11-8-20(9-12-30)7-10-29-13-15-33-16-14-29/h17-18,20H,7-16H2,1-6H3. The Morgan fingerprint density at radius 3 is 2.42 bits per heavy atom. The lowest BCUT2D eigenvalue weighted by Crippen LogP contribution is -2.41. The van der Waals surface area contributed by atoms with Crippen molar-refractivity contribution < 1.29 is 9.53 Å². The largest absolute Gasteiger partial charge is 0.379 e. The lowest BCUT2D eigenvalue weighted by molar-refractivity contribution is 0.0332. The molecular weight excluding hydrogens is 414 g/mol. The van der Waals surface area contributed by atoms with E-state index in [2.05, 4.69) is 44.4 Å². The topological polar surface area (TPSA) is 63.5 Å². The number of likely N-dealkylation sites (tertiary alicyclic amines) is 1. The average molecular weight is 456 g/mol. The third kappa shape index (κ3) is 5.24. The molecule has 7 heteroatoms. The van der Waals surface area contributed by atoms with Gasteiger partial charge in [0.25, 0.3) is 5.91 Å². The van der Waals surface area contributed by atoms with Crippen molar-refractivity contribution in [2.24, 2.45) is 5.92 Å². The fourth-order valence-corrected chi connectivity index (χ4v) is 5.03. The number of aromatic nitrogens is 3. The normalized spacial score (nSPS) is 19.1. The number of amides is 1. The first-order valence-electron chi connectivity index (χ1n) is 12.6. The molecule has 0 spiro atoms. The second-order valence-corrected chi connectivity index (χ2v) is 11.1. The van der Waals surface area contributed by atoms with E-state index in [1.54, 1.807) is 0 Å². The van der Waals surface area contributed by atoms with Crippen LogP contribution in [0.4, 0.5) is 0 Å². The number of pyridine rings is 1. The van der Waals surface area contributed by atoms with Crippen LogP contribution in [0.3, 0.4) is 0 Å². The molecule has 182 valence electrons. The molecular formula is C26H41N5O2. The number of carbonyl (C=O) groups is 1. The van der Waals surface area contributed by atoms with Crippen molar-refractivity contribution in [3.05, 3.63) is 23.0 Å². The zero-order valence-corrected chi connectivity index (χ0v) is 21.4. The quantitative estimate of drug-likeness (QED) is 0.676. The number of hydrogen-bond acceptors (Lipinski definition) is 5. The van der Waals surface area contributed by atoms with Crippen LogP contribution in [0.2, 0.25) is 0 Å². The summed E-state index contributed by atoms with van der Waals surface area (Å²) in [4.78, 5) is 23.3. The molecule has 4 rings (SSSR count). The van der Waals surface area contributed by atoms with E-state index in [0.717, 1.165) is 86.8 Å². The molecule has 2 saturated heterocycles. The van der Waals surface area contributed by atoms with Gasteiger partial charge >= 0.3 is 0 Å². The highest BCUT2D eigenvalue weighted by Crippen LogP contribution is 2.31. The predicted molar refractivity (Wildman–Crippen MR) is 132 cm³/mol. The van der Waals surface area contributed by atoms with Gasteiger partial charge in [-0.05, 0) is 71.4 Å². The second-order valence-electron chi connectivity index (χ2n) is 11.1. The minimum atomic E-state index is -0.200. The maximum atomic E-state index is 13.8. The van der Waals surface area contributed by atoms with Crippen molar-refractivity contribution in [2.45, 2.75) is 72.3 Å². The molecule has 2 fully saturated rings. The summed E-state index contributed by atoms with van der Waals surface area (Å²) in [5, 5.41) is 5.71. The Morgan fingerprint density at radius 1 is 1.15 bits per heavy atom. The van der Waals surface area contributed by atoms with Crippen LogP contribution in [0.15, 0.2) is 6.07 Å². The first-order valence-corrected chi connectivity index (χ1v) is 12.6. The van der Waals surface area contributed by atoms with Gasteiger partial charge in [0.05, 0.1) is 35.4 Å². The van der Waals surface area contributed by atoms with E-state index < -0.39 is 0 Å². The van der Waals surface area contributed by atoms with E-state index in [4.69, 9.17) is 14.8 Å². The fourth-order valence-electron chi connectivity index (χ4n) is 5.03. The van der Waals surface area contributed by atoms with Crippen LogP contribution in [0.5, 0.6) is 0 Å². The molecule has 33 heavy (non-hydrogen) atoms. The summed E-state index contributed by atoms with van der Waals surface area (Å²) in [6, 6.07) is 2.02. The SMILES string of the molecule is Cc1nn(C(C)(C)C)c2nc(C(C)C)cc(C(=O)N3CCC(CCN4CCOCC4)CC3)c12. The Bertz CT molecular complexity index is 977. The smallest absolute Gasteiger partial charge is 0.254 e. The maximum Gasteiger partial charge on any atom is 0.254 e. The van der Waals surface area contributed by atoms with Gasteiger partial charge in [-0.25, -0.2) is 9.67 Å². The van der Waals surface area contributed by atoms with Gasteiger partial charge in [-0.3, -0.25) is 9.69 Å². The average Bonchev–Trinajstić information content (AvgIpc) is 3.15. The van der Waals surface area contributed by atoms with Gasteiger partial charge in [0.2, 0.25) is 0 Å². The highest BCUT2D eigenvalue weighted by molar-refractivity contribution is 6.06. The molecule has 0 aliphatic carbocycles. The number of aryl methyl sites for hydroxylation is 1. The number of morpholine rings is 1.